The third kappa shape index (κ3) is 11.3. The molecule has 0 aromatic heterocycles. The quantitative estimate of drug-likeness (QED) is 0.0571. The maximum absolute atomic E-state index is 15.8. The number of fused-ring (bicyclic) bond motifs is 5. The number of rotatable bonds is 19. The summed E-state index contributed by atoms with van der Waals surface area (Å²) in [5.41, 5.74) is -2.94. The number of aliphatic hydroxyl groups is 2. The zero-order valence-electron chi connectivity index (χ0n) is 43.8. The summed E-state index contributed by atoms with van der Waals surface area (Å²) in [7, 11) is 0. The maximum atomic E-state index is 15.8. The third-order valence-electron chi connectivity index (χ3n) is 15.5. The van der Waals surface area contributed by atoms with Crippen molar-refractivity contribution in [1.29, 1.82) is 0 Å². The lowest BCUT2D eigenvalue weighted by Gasteiger charge is -2.67. The van der Waals surface area contributed by atoms with Gasteiger partial charge in [-0.1, -0.05) is 80.6 Å². The monoisotopic (exact) mass is 1080 g/mol. The van der Waals surface area contributed by atoms with Gasteiger partial charge in [0, 0.05) is 50.5 Å². The Labute approximate surface area is 448 Å². The number of ketones is 1. The number of ether oxygens (including phenoxy) is 6. The molecule has 2 saturated carbocycles. The molecule has 6 unspecified atom stereocenters. The molecule has 12 atom stereocenters. The van der Waals surface area contributed by atoms with Gasteiger partial charge in [0.2, 0.25) is 17.9 Å². The molecule has 3 aliphatic carbocycles. The average Bonchev–Trinajstić information content (AvgIpc) is 3.28. The highest BCUT2D eigenvalue weighted by Gasteiger charge is 2.78. The number of nitrogens with two attached hydrogens (primary N) is 1. The van der Waals surface area contributed by atoms with Gasteiger partial charge in [-0.05, 0) is 61.2 Å². The minimum absolute atomic E-state index is 0.000786. The number of benzene rings is 3. The number of Topliss-reactive ketones (excluding diaryl/α,β-unsaturated/α-hetero) is 1. The molecule has 22 nitrogen and oxygen atoms in total. The van der Waals surface area contributed by atoms with Crippen LogP contribution in [0.5, 0.6) is 0 Å². The molecule has 3 fully saturated rings. The van der Waals surface area contributed by atoms with Crippen molar-refractivity contribution in [3.63, 3.8) is 0 Å². The smallest absolute Gasteiger partial charge is 0.350 e. The first-order valence-corrected chi connectivity index (χ1v) is 25.3. The van der Waals surface area contributed by atoms with Gasteiger partial charge in [0.05, 0.1) is 36.0 Å². The van der Waals surface area contributed by atoms with E-state index < -0.39 is 168 Å². The van der Waals surface area contributed by atoms with Gasteiger partial charge >= 0.3 is 35.8 Å². The van der Waals surface area contributed by atoms with Gasteiger partial charge in [-0.2, -0.15) is 0 Å². The van der Waals surface area contributed by atoms with Crippen molar-refractivity contribution in [3.05, 3.63) is 119 Å². The second kappa shape index (κ2) is 23.0. The first kappa shape index (κ1) is 57.9. The summed E-state index contributed by atoms with van der Waals surface area (Å²) in [6.45, 7) is 7.56. The Morgan fingerprint density at radius 1 is 0.808 bits per heavy atom. The first-order chi connectivity index (χ1) is 36.8. The van der Waals surface area contributed by atoms with E-state index in [1.807, 2.05) is 0 Å². The van der Waals surface area contributed by atoms with Crippen molar-refractivity contribution in [2.45, 2.75) is 140 Å². The lowest BCUT2D eigenvalue weighted by molar-refractivity contribution is -0.346. The van der Waals surface area contributed by atoms with Gasteiger partial charge in [-0.25, -0.2) is 14.4 Å². The third-order valence-corrected chi connectivity index (χ3v) is 15.5. The molecule has 1 saturated heterocycles. The molecule has 1 heterocycles. The lowest BCUT2D eigenvalue weighted by atomic mass is 9.44. The van der Waals surface area contributed by atoms with Crippen LogP contribution >= 0.6 is 0 Å². The summed E-state index contributed by atoms with van der Waals surface area (Å²) < 4.78 is 36.6. The average molecular weight is 1080 g/mol. The Morgan fingerprint density at radius 2 is 1.41 bits per heavy atom. The fourth-order valence-corrected chi connectivity index (χ4v) is 11.5. The maximum Gasteiger partial charge on any atom is 0.350 e. The first-order valence-electron chi connectivity index (χ1n) is 25.3. The Bertz CT molecular complexity index is 2880. The van der Waals surface area contributed by atoms with Crippen molar-refractivity contribution < 1.29 is 91.7 Å². The van der Waals surface area contributed by atoms with Crippen LogP contribution in [-0.2, 0) is 66.8 Å². The number of carboxylic acids is 1. The van der Waals surface area contributed by atoms with E-state index in [1.165, 1.54) is 64.1 Å². The van der Waals surface area contributed by atoms with Gasteiger partial charge in [0.15, 0.2) is 17.5 Å². The SMILES string of the molecule is CC(=O)O[C@H]1C(=O)[C@@]2(C)C(C(OC(=O)c3ccccc3)[C@]3(O)CC(OC(=O)C(OC(=O)CCCC(=O)NC(CC(N)=O)C(=O)O)C(NC(=O)c4ccccc4)c4ccccc4)C(C)=C1C3(C)C)[C@]1(OC(C)=O)CO[C@@H]1C[C@@H]2O. The number of carbonyl (C=O) groups is 10. The van der Waals surface area contributed by atoms with Crippen molar-refractivity contribution in [1.82, 2.24) is 10.6 Å². The van der Waals surface area contributed by atoms with Crippen LogP contribution in [0.2, 0.25) is 0 Å². The van der Waals surface area contributed by atoms with Crippen molar-refractivity contribution in [3.8, 4) is 0 Å². The van der Waals surface area contributed by atoms with Crippen molar-refractivity contribution >= 4 is 59.3 Å². The molecule has 22 heteroatoms. The van der Waals surface area contributed by atoms with E-state index in [-0.39, 0.29) is 40.7 Å². The van der Waals surface area contributed by atoms with E-state index in [9.17, 15) is 53.7 Å². The molecule has 3 aromatic rings. The van der Waals surface area contributed by atoms with Crippen LogP contribution in [-0.4, -0.2) is 135 Å². The van der Waals surface area contributed by atoms with Crippen LogP contribution in [0, 0.1) is 16.7 Å². The standard InChI is InChI=1S/C56H63N3O19/c1-29-36(75-52(71)45(76-41(65)24-16-23-40(64)58-35(50(68)69)25-39(57)63)43(32-17-10-7-11-18-32)59-49(67)33-19-12-8-13-20-33)27-56(72)48(77-51(70)34-21-14-9-15-22-34)46-54(6,37(62)26-38-55(46,28-73-38)78-31(3)61)47(66)44(74-30(2)60)42(29)53(56,4)5/h7-15,17-22,35-38,43-46,48,62,72H,16,23-28H2,1-6H3,(H2,57,63)(H,58,64)(H,59,67)(H,68,69)/t35?,36?,37-,38+,43?,44+,45?,46?,48?,54+,55-,56+/m0/s1. The highest BCUT2D eigenvalue weighted by atomic mass is 16.6. The number of nitrogens with one attached hydrogen (secondary N) is 2. The van der Waals surface area contributed by atoms with Crippen LogP contribution in [0.25, 0.3) is 0 Å². The number of amides is 3. The number of esters is 5. The molecule has 1 aliphatic heterocycles. The van der Waals surface area contributed by atoms with E-state index in [4.69, 9.17) is 34.2 Å². The van der Waals surface area contributed by atoms with Gasteiger partial charge in [0.25, 0.3) is 5.91 Å². The van der Waals surface area contributed by atoms with Gasteiger partial charge in [-0.15, -0.1) is 0 Å². The van der Waals surface area contributed by atoms with Crippen LogP contribution < -0.4 is 16.4 Å². The molecular formula is C56H63N3O19. The molecule has 3 amide bonds. The minimum atomic E-state index is -2.54. The number of carbonyl (C=O) groups excluding carboxylic acids is 9. The molecule has 0 radical (unpaired) electrons. The van der Waals surface area contributed by atoms with Gasteiger partial charge in [-0.3, -0.25) is 33.6 Å². The lowest BCUT2D eigenvalue weighted by Crippen LogP contribution is -2.82. The molecular weight excluding hydrogens is 1020 g/mol. The van der Waals surface area contributed by atoms with Crippen molar-refractivity contribution in [2.24, 2.45) is 22.5 Å². The number of hydrogen-bond acceptors (Lipinski definition) is 18. The number of hydrogen-bond donors (Lipinski definition) is 6. The van der Waals surface area contributed by atoms with E-state index in [2.05, 4.69) is 10.6 Å². The summed E-state index contributed by atoms with van der Waals surface area (Å²) in [5, 5.41) is 40.6. The van der Waals surface area contributed by atoms with Gasteiger partial charge < -0.3 is 60.1 Å². The Balaban J connectivity index is 1.35. The zero-order valence-corrected chi connectivity index (χ0v) is 43.8. The summed E-state index contributed by atoms with van der Waals surface area (Å²) in [5.74, 6) is -12.0. The predicted octanol–water partition coefficient (Wildman–Crippen LogP) is 2.90. The summed E-state index contributed by atoms with van der Waals surface area (Å²) in [6, 6.07) is 20.2. The summed E-state index contributed by atoms with van der Waals surface area (Å²) >= 11 is 0. The zero-order chi connectivity index (χ0) is 57.1. The highest BCUT2D eigenvalue weighted by Crippen LogP contribution is 2.64. The number of aliphatic carboxylic acids is 1. The van der Waals surface area contributed by atoms with E-state index in [0.717, 1.165) is 13.8 Å². The second-order valence-electron chi connectivity index (χ2n) is 20.8. The highest BCUT2D eigenvalue weighted by molar-refractivity contribution is 5.97. The summed E-state index contributed by atoms with van der Waals surface area (Å²) in [6.07, 6.45) is -13.4. The van der Waals surface area contributed by atoms with Crippen LogP contribution in [0.4, 0.5) is 0 Å². The van der Waals surface area contributed by atoms with Crippen LogP contribution in [0.3, 0.4) is 0 Å². The normalized spacial score (nSPS) is 27.9. The molecule has 2 bridgehead atoms. The molecule has 416 valence electrons. The van der Waals surface area contributed by atoms with E-state index >= 15 is 9.59 Å². The fourth-order valence-electron chi connectivity index (χ4n) is 11.5. The van der Waals surface area contributed by atoms with Crippen LogP contribution in [0.15, 0.2) is 102 Å². The number of aliphatic hydroxyl groups excluding tert-OH is 1. The molecule has 4 aliphatic rings. The van der Waals surface area contributed by atoms with E-state index in [1.54, 1.807) is 54.6 Å². The second-order valence-corrected chi connectivity index (χ2v) is 20.8. The van der Waals surface area contributed by atoms with Crippen molar-refractivity contribution in [2.75, 3.05) is 6.61 Å². The Hall–Kier alpha value is -7.82. The largest absolute Gasteiger partial charge is 0.480 e. The molecule has 3 aromatic carbocycles. The molecule has 7 rings (SSSR count). The predicted molar refractivity (Wildman–Crippen MR) is 269 cm³/mol. The number of primary amides is 1. The van der Waals surface area contributed by atoms with Crippen LogP contribution in [0.1, 0.15) is 112 Å². The Morgan fingerprint density at radius 3 is 1.96 bits per heavy atom. The molecule has 0 spiro atoms. The van der Waals surface area contributed by atoms with Gasteiger partial charge in [0.1, 0.15) is 36.0 Å². The molecule has 7 N–H and O–H groups in total. The fraction of sp³-hybridized carbons (Fsp3) is 0.464. The summed E-state index contributed by atoms with van der Waals surface area (Å²) in [4.78, 5) is 136. The van der Waals surface area contributed by atoms with E-state index in [0.29, 0.717) is 0 Å². The number of carboxylic acid groups (broad SMARTS) is 1. The topological polar surface area (TPSA) is 337 Å². The Kier molecular flexibility index (Phi) is 17.1. The minimum Gasteiger partial charge on any atom is -0.480 e. The molecule has 78 heavy (non-hydrogen) atoms.